The Balaban J connectivity index is 1.31. The second-order valence-corrected chi connectivity index (χ2v) is 8.55. The van der Waals surface area contributed by atoms with Gasteiger partial charge in [-0.3, -0.25) is 9.48 Å². The number of aromatic nitrogens is 6. The average Bonchev–Trinajstić information content (AvgIpc) is 3.24. The monoisotopic (exact) mass is 466 g/mol. The third kappa shape index (κ3) is 4.89. The fourth-order valence-corrected chi connectivity index (χ4v) is 4.16. The summed E-state index contributed by atoms with van der Waals surface area (Å²) in [5.74, 6) is 1.25. The molecule has 0 saturated carbocycles. The molecule has 0 aliphatic heterocycles. The molecular formula is C26H26N8O. The zero-order valence-corrected chi connectivity index (χ0v) is 19.6. The molecular weight excluding hydrogens is 440 g/mol. The highest BCUT2D eigenvalue weighted by Crippen LogP contribution is 2.21. The molecule has 35 heavy (non-hydrogen) atoms. The number of fused-ring (bicyclic) bond motifs is 1. The van der Waals surface area contributed by atoms with E-state index >= 15 is 0 Å². The molecule has 0 radical (unpaired) electrons. The highest BCUT2D eigenvalue weighted by molar-refractivity contribution is 5.85. The molecule has 5 aromatic rings. The normalized spacial score (nSPS) is 11.1. The van der Waals surface area contributed by atoms with Crippen molar-refractivity contribution in [2.24, 2.45) is 0 Å². The Morgan fingerprint density at radius 1 is 1.00 bits per heavy atom. The van der Waals surface area contributed by atoms with E-state index in [-0.39, 0.29) is 5.56 Å². The molecule has 9 nitrogen and oxygen atoms in total. The number of hydrogen-bond acceptors (Lipinski definition) is 7. The molecule has 0 saturated heterocycles. The maximum Gasteiger partial charge on any atom is 0.250 e. The van der Waals surface area contributed by atoms with Gasteiger partial charge in [0.25, 0.3) is 5.56 Å². The Hall–Kier alpha value is -4.53. The van der Waals surface area contributed by atoms with E-state index in [0.717, 1.165) is 39.2 Å². The van der Waals surface area contributed by atoms with Gasteiger partial charge in [0.05, 0.1) is 18.5 Å². The van der Waals surface area contributed by atoms with E-state index in [1.165, 1.54) is 6.33 Å². The largest absolute Gasteiger partial charge is 0.384 e. The number of hydrogen-bond donors (Lipinski definition) is 2. The molecule has 0 aliphatic rings. The van der Waals surface area contributed by atoms with Crippen molar-refractivity contribution in [3.05, 3.63) is 106 Å². The van der Waals surface area contributed by atoms with Gasteiger partial charge in [-0.05, 0) is 48.2 Å². The van der Waals surface area contributed by atoms with E-state index in [9.17, 15) is 4.79 Å². The molecule has 0 atom stereocenters. The van der Waals surface area contributed by atoms with E-state index in [2.05, 4.69) is 37.5 Å². The van der Waals surface area contributed by atoms with Gasteiger partial charge in [-0.1, -0.05) is 30.3 Å². The molecule has 5 rings (SSSR count). The lowest BCUT2D eigenvalue weighted by Crippen LogP contribution is -2.18. The van der Waals surface area contributed by atoms with Crippen LogP contribution in [0, 0.1) is 13.8 Å². The van der Waals surface area contributed by atoms with Crippen molar-refractivity contribution in [1.29, 1.82) is 0 Å². The summed E-state index contributed by atoms with van der Waals surface area (Å²) in [6.07, 6.45) is 5.27. The zero-order valence-electron chi connectivity index (χ0n) is 19.6. The third-order valence-electron chi connectivity index (χ3n) is 5.99. The van der Waals surface area contributed by atoms with Crippen molar-refractivity contribution >= 4 is 22.7 Å². The Morgan fingerprint density at radius 2 is 1.77 bits per heavy atom. The molecule has 176 valence electrons. The number of nitrogens with one attached hydrogen (secondary N) is 1. The van der Waals surface area contributed by atoms with E-state index in [1.54, 1.807) is 22.9 Å². The minimum atomic E-state index is -0.0108. The maximum atomic E-state index is 11.9. The summed E-state index contributed by atoms with van der Waals surface area (Å²) in [6.45, 7) is 5.70. The summed E-state index contributed by atoms with van der Waals surface area (Å²) in [4.78, 5) is 25.1. The lowest BCUT2D eigenvalue weighted by molar-refractivity contribution is 0.692. The minimum absolute atomic E-state index is 0.0108. The second kappa shape index (κ2) is 9.38. The summed E-state index contributed by atoms with van der Waals surface area (Å²) in [7, 11) is 0. The van der Waals surface area contributed by atoms with Crippen LogP contribution in [0.2, 0.25) is 0 Å². The van der Waals surface area contributed by atoms with Gasteiger partial charge in [-0.25, -0.2) is 15.0 Å². The molecule has 0 bridgehead atoms. The van der Waals surface area contributed by atoms with Crippen LogP contribution in [0.5, 0.6) is 0 Å². The molecule has 4 heterocycles. The fourth-order valence-electron chi connectivity index (χ4n) is 4.16. The highest BCUT2D eigenvalue weighted by Gasteiger charge is 2.11. The van der Waals surface area contributed by atoms with E-state index in [4.69, 9.17) is 5.73 Å². The molecule has 4 aromatic heterocycles. The van der Waals surface area contributed by atoms with Crippen molar-refractivity contribution in [3.63, 3.8) is 0 Å². The Labute approximate surface area is 202 Å². The van der Waals surface area contributed by atoms with Crippen LogP contribution in [-0.4, -0.2) is 29.3 Å². The van der Waals surface area contributed by atoms with Gasteiger partial charge in [-0.15, -0.1) is 0 Å². The van der Waals surface area contributed by atoms with Crippen LogP contribution in [0.3, 0.4) is 0 Å². The van der Waals surface area contributed by atoms with Gasteiger partial charge >= 0.3 is 0 Å². The minimum Gasteiger partial charge on any atom is -0.384 e. The van der Waals surface area contributed by atoms with E-state index < -0.39 is 0 Å². The van der Waals surface area contributed by atoms with Crippen molar-refractivity contribution in [2.75, 3.05) is 11.1 Å². The number of rotatable bonds is 7. The summed E-state index contributed by atoms with van der Waals surface area (Å²) >= 11 is 0. The molecule has 0 fully saturated rings. The van der Waals surface area contributed by atoms with Gasteiger partial charge in [0.1, 0.15) is 18.0 Å². The van der Waals surface area contributed by atoms with Crippen LogP contribution in [0.15, 0.2) is 72.0 Å². The first kappa shape index (κ1) is 22.3. The molecule has 9 heteroatoms. The second-order valence-electron chi connectivity index (χ2n) is 8.55. The Bertz CT molecular complexity index is 1530. The number of anilines is 2. The Kier molecular flexibility index (Phi) is 5.97. The predicted octanol–water partition coefficient (Wildman–Crippen LogP) is 3.29. The summed E-state index contributed by atoms with van der Waals surface area (Å²) < 4.78 is 3.55. The number of aryl methyl sites for hydroxylation is 2. The average molecular weight is 467 g/mol. The van der Waals surface area contributed by atoms with Gasteiger partial charge in [-0.2, -0.15) is 5.10 Å². The van der Waals surface area contributed by atoms with E-state index in [0.29, 0.717) is 31.1 Å². The standard InChI is InChI=1S/C26H26N8O/c1-17-11-23(27)31-18(2)21(17)12-28-25-22-15-34(32-26(22)30-16-29-25)14-20-8-6-19(7-9-20)13-33-10-4-3-5-24(33)35/h3-11,15-16H,12-14H2,1-2H3,(H2,27,31)(H,28,29,30,32). The van der Waals surface area contributed by atoms with Crippen LogP contribution < -0.4 is 16.6 Å². The van der Waals surface area contributed by atoms with E-state index in [1.807, 2.05) is 49.0 Å². The summed E-state index contributed by atoms with van der Waals surface area (Å²) in [5.41, 5.74) is 11.7. The molecule has 0 unspecified atom stereocenters. The van der Waals surface area contributed by atoms with Gasteiger partial charge < -0.3 is 15.6 Å². The first-order valence-corrected chi connectivity index (χ1v) is 11.3. The highest BCUT2D eigenvalue weighted by atomic mass is 16.1. The number of benzene rings is 1. The lowest BCUT2D eigenvalue weighted by Gasteiger charge is -2.12. The third-order valence-corrected chi connectivity index (χ3v) is 5.99. The molecule has 0 amide bonds. The fraction of sp³-hybridized carbons (Fsp3) is 0.192. The van der Waals surface area contributed by atoms with Crippen LogP contribution in [0.1, 0.15) is 27.9 Å². The first-order chi connectivity index (χ1) is 17.0. The van der Waals surface area contributed by atoms with Crippen LogP contribution in [0.4, 0.5) is 11.6 Å². The van der Waals surface area contributed by atoms with Gasteiger partial charge in [0.15, 0.2) is 5.65 Å². The smallest absolute Gasteiger partial charge is 0.250 e. The number of nitrogens with zero attached hydrogens (tertiary/aromatic N) is 6. The zero-order chi connectivity index (χ0) is 24.4. The quantitative estimate of drug-likeness (QED) is 0.378. The van der Waals surface area contributed by atoms with Gasteiger partial charge in [0, 0.05) is 30.7 Å². The van der Waals surface area contributed by atoms with Crippen molar-refractivity contribution in [2.45, 2.75) is 33.5 Å². The van der Waals surface area contributed by atoms with Crippen molar-refractivity contribution < 1.29 is 0 Å². The molecule has 3 N–H and O–H groups in total. The number of nitrogens with two attached hydrogens (primary N) is 1. The number of pyridine rings is 2. The lowest BCUT2D eigenvalue weighted by atomic mass is 10.1. The van der Waals surface area contributed by atoms with Crippen LogP contribution >= 0.6 is 0 Å². The first-order valence-electron chi connectivity index (χ1n) is 11.3. The SMILES string of the molecule is Cc1cc(N)nc(C)c1CNc1ncnc2nn(Cc3ccc(Cn4ccccc4=O)cc3)cc12. The van der Waals surface area contributed by atoms with Gasteiger partial charge in [0.2, 0.25) is 0 Å². The van der Waals surface area contributed by atoms with Crippen molar-refractivity contribution in [1.82, 2.24) is 29.3 Å². The predicted molar refractivity (Wildman–Crippen MR) is 136 cm³/mol. The molecule has 0 aliphatic carbocycles. The Morgan fingerprint density at radius 3 is 2.51 bits per heavy atom. The molecule has 1 aromatic carbocycles. The van der Waals surface area contributed by atoms with Crippen LogP contribution in [-0.2, 0) is 19.6 Å². The maximum absolute atomic E-state index is 11.9. The van der Waals surface area contributed by atoms with Crippen LogP contribution in [0.25, 0.3) is 11.0 Å². The molecule has 0 spiro atoms. The summed E-state index contributed by atoms with van der Waals surface area (Å²) in [5, 5.41) is 8.88. The number of nitrogen functional groups attached to an aromatic ring is 1. The topological polar surface area (TPSA) is 117 Å². The summed E-state index contributed by atoms with van der Waals surface area (Å²) in [6, 6.07) is 15.2. The van der Waals surface area contributed by atoms with Crippen molar-refractivity contribution in [3.8, 4) is 0 Å².